The van der Waals surface area contributed by atoms with Crippen molar-refractivity contribution in [3.8, 4) is 5.75 Å². The van der Waals surface area contributed by atoms with Gasteiger partial charge < -0.3 is 10.1 Å². The largest absolute Gasteiger partial charge is 0.573 e. The number of rotatable bonds is 2. The summed E-state index contributed by atoms with van der Waals surface area (Å²) in [7, 11) is 0. The van der Waals surface area contributed by atoms with E-state index in [-0.39, 0.29) is 11.7 Å². The van der Waals surface area contributed by atoms with Gasteiger partial charge in [-0.15, -0.1) is 13.2 Å². The van der Waals surface area contributed by atoms with E-state index in [2.05, 4.69) is 17.0 Å². The van der Waals surface area contributed by atoms with Crippen LogP contribution in [0.4, 0.5) is 13.2 Å². The van der Waals surface area contributed by atoms with Gasteiger partial charge in [0.25, 0.3) is 0 Å². The summed E-state index contributed by atoms with van der Waals surface area (Å²) < 4.78 is 40.3. The molecule has 1 aliphatic heterocycles. The van der Waals surface area contributed by atoms with Crippen LogP contribution in [0.2, 0.25) is 0 Å². The van der Waals surface area contributed by atoms with Crippen molar-refractivity contribution in [2.24, 2.45) is 0 Å². The fourth-order valence-corrected chi connectivity index (χ4v) is 2.25. The molecule has 18 heavy (non-hydrogen) atoms. The van der Waals surface area contributed by atoms with Gasteiger partial charge in [-0.1, -0.05) is 12.1 Å². The molecule has 0 amide bonds. The van der Waals surface area contributed by atoms with Crippen LogP contribution in [0.1, 0.15) is 31.2 Å². The third kappa shape index (κ3) is 3.63. The molecule has 2 atom stereocenters. The molecule has 5 heteroatoms. The topological polar surface area (TPSA) is 21.3 Å². The van der Waals surface area contributed by atoms with Crippen molar-refractivity contribution in [2.45, 2.75) is 38.1 Å². The van der Waals surface area contributed by atoms with Gasteiger partial charge in [-0.2, -0.15) is 0 Å². The van der Waals surface area contributed by atoms with Crippen LogP contribution in [0.5, 0.6) is 5.75 Å². The van der Waals surface area contributed by atoms with Crippen LogP contribution < -0.4 is 10.1 Å². The summed E-state index contributed by atoms with van der Waals surface area (Å²) in [6, 6.07) is 6.75. The molecule has 0 aliphatic carbocycles. The third-order valence-electron chi connectivity index (χ3n) is 3.22. The maximum atomic E-state index is 12.1. The summed E-state index contributed by atoms with van der Waals surface area (Å²) in [6.07, 6.45) is -2.60. The first kappa shape index (κ1) is 13.2. The van der Waals surface area contributed by atoms with Crippen LogP contribution in [0.3, 0.4) is 0 Å². The molecule has 0 spiro atoms. The molecule has 1 aliphatic rings. The summed E-state index contributed by atoms with van der Waals surface area (Å²) in [5, 5.41) is 3.34. The third-order valence-corrected chi connectivity index (χ3v) is 3.22. The zero-order valence-electron chi connectivity index (χ0n) is 10.1. The lowest BCUT2D eigenvalue weighted by atomic mass is 9.89. The molecule has 1 fully saturated rings. The van der Waals surface area contributed by atoms with Crippen molar-refractivity contribution < 1.29 is 17.9 Å². The number of hydrogen-bond acceptors (Lipinski definition) is 2. The molecule has 2 nitrogen and oxygen atoms in total. The lowest BCUT2D eigenvalue weighted by Gasteiger charge is -2.28. The highest BCUT2D eigenvalue weighted by atomic mass is 19.4. The van der Waals surface area contributed by atoms with Crippen LogP contribution in [0.15, 0.2) is 24.3 Å². The van der Waals surface area contributed by atoms with Gasteiger partial charge in [0.15, 0.2) is 0 Å². The molecule has 0 saturated carbocycles. The Morgan fingerprint density at radius 2 is 2.06 bits per heavy atom. The first-order valence-corrected chi connectivity index (χ1v) is 6.03. The molecule has 2 unspecified atom stereocenters. The second kappa shape index (κ2) is 5.18. The minimum atomic E-state index is -4.63. The molecule has 1 aromatic carbocycles. The summed E-state index contributed by atoms with van der Waals surface area (Å²) >= 11 is 0. The van der Waals surface area contributed by atoms with E-state index in [1.54, 1.807) is 6.07 Å². The fourth-order valence-electron chi connectivity index (χ4n) is 2.25. The normalized spacial score (nSPS) is 24.9. The summed E-state index contributed by atoms with van der Waals surface area (Å²) in [5.41, 5.74) is 0.899. The molecule has 1 heterocycles. The first-order chi connectivity index (χ1) is 8.44. The van der Waals surface area contributed by atoms with E-state index in [0.717, 1.165) is 24.9 Å². The van der Waals surface area contributed by atoms with Crippen molar-refractivity contribution in [1.29, 1.82) is 0 Å². The highest BCUT2D eigenvalue weighted by molar-refractivity contribution is 5.31. The number of halogens is 3. The van der Waals surface area contributed by atoms with E-state index in [9.17, 15) is 13.2 Å². The van der Waals surface area contributed by atoms with Gasteiger partial charge in [0.05, 0.1) is 0 Å². The fraction of sp³-hybridized carbons (Fsp3) is 0.538. The predicted molar refractivity (Wildman–Crippen MR) is 62.6 cm³/mol. The Labute approximate surface area is 104 Å². The predicted octanol–water partition coefficient (Wildman–Crippen LogP) is 3.44. The van der Waals surface area contributed by atoms with Gasteiger partial charge in [-0.3, -0.25) is 0 Å². The smallest absolute Gasteiger partial charge is 0.406 e. The van der Waals surface area contributed by atoms with Crippen LogP contribution in [0, 0.1) is 0 Å². The van der Waals surface area contributed by atoms with Crippen molar-refractivity contribution >= 4 is 0 Å². The number of hydrogen-bond donors (Lipinski definition) is 1. The monoisotopic (exact) mass is 259 g/mol. The van der Waals surface area contributed by atoms with E-state index in [1.165, 1.54) is 12.1 Å². The Hall–Kier alpha value is -1.23. The first-order valence-electron chi connectivity index (χ1n) is 6.03. The van der Waals surface area contributed by atoms with Crippen molar-refractivity contribution in [1.82, 2.24) is 5.32 Å². The SMILES string of the molecule is CC1CCC(c2cccc(OC(F)(F)F)c2)CN1. The van der Waals surface area contributed by atoms with Gasteiger partial charge >= 0.3 is 6.36 Å². The van der Waals surface area contributed by atoms with Gasteiger partial charge in [0.1, 0.15) is 5.75 Å². The summed E-state index contributed by atoms with van der Waals surface area (Å²) in [6.45, 7) is 2.91. The standard InChI is InChI=1S/C13H16F3NO/c1-9-5-6-11(8-17-9)10-3-2-4-12(7-10)18-13(14,15)16/h2-4,7,9,11,17H,5-6,8H2,1H3. The average Bonchev–Trinajstić information content (AvgIpc) is 2.28. The van der Waals surface area contributed by atoms with E-state index < -0.39 is 6.36 Å². The van der Waals surface area contributed by atoms with Gasteiger partial charge in [-0.25, -0.2) is 0 Å². The second-order valence-electron chi connectivity index (χ2n) is 4.70. The van der Waals surface area contributed by atoms with Crippen LogP contribution in [-0.2, 0) is 0 Å². The van der Waals surface area contributed by atoms with Crippen molar-refractivity contribution in [3.05, 3.63) is 29.8 Å². The molecule has 0 bridgehead atoms. The Balaban J connectivity index is 2.07. The second-order valence-corrected chi connectivity index (χ2v) is 4.70. The molecular formula is C13H16F3NO. The quantitative estimate of drug-likeness (QED) is 0.878. The minimum Gasteiger partial charge on any atom is -0.406 e. The number of piperidine rings is 1. The lowest BCUT2D eigenvalue weighted by molar-refractivity contribution is -0.274. The van der Waals surface area contributed by atoms with Crippen LogP contribution >= 0.6 is 0 Å². The van der Waals surface area contributed by atoms with Gasteiger partial charge in [0, 0.05) is 12.6 Å². The van der Waals surface area contributed by atoms with Gasteiger partial charge in [0.2, 0.25) is 0 Å². The Morgan fingerprint density at radius 1 is 1.28 bits per heavy atom. The number of benzene rings is 1. The molecule has 100 valence electrons. The number of alkyl halides is 3. The Morgan fingerprint density at radius 3 is 2.67 bits per heavy atom. The molecule has 0 aromatic heterocycles. The minimum absolute atomic E-state index is 0.140. The molecular weight excluding hydrogens is 243 g/mol. The molecule has 1 saturated heterocycles. The zero-order valence-corrected chi connectivity index (χ0v) is 10.1. The van der Waals surface area contributed by atoms with E-state index in [1.807, 2.05) is 6.07 Å². The maximum Gasteiger partial charge on any atom is 0.573 e. The van der Waals surface area contributed by atoms with Crippen LogP contribution in [0.25, 0.3) is 0 Å². The molecule has 0 radical (unpaired) electrons. The van der Waals surface area contributed by atoms with Gasteiger partial charge in [-0.05, 0) is 43.4 Å². The molecule has 1 aromatic rings. The molecule has 2 rings (SSSR count). The Kier molecular flexibility index (Phi) is 3.80. The Bertz CT molecular complexity index is 397. The summed E-state index contributed by atoms with van der Waals surface area (Å²) in [5.74, 6) is 0.122. The average molecular weight is 259 g/mol. The zero-order chi connectivity index (χ0) is 13.2. The number of nitrogens with one attached hydrogen (secondary N) is 1. The lowest BCUT2D eigenvalue weighted by Crippen LogP contribution is -2.35. The summed E-state index contributed by atoms with van der Waals surface area (Å²) in [4.78, 5) is 0. The molecule has 1 N–H and O–H groups in total. The van der Waals surface area contributed by atoms with Crippen molar-refractivity contribution in [3.63, 3.8) is 0 Å². The van der Waals surface area contributed by atoms with E-state index in [4.69, 9.17) is 0 Å². The van der Waals surface area contributed by atoms with Crippen molar-refractivity contribution in [2.75, 3.05) is 6.54 Å². The number of ether oxygens (including phenoxy) is 1. The van der Waals surface area contributed by atoms with E-state index in [0.29, 0.717) is 6.04 Å². The van der Waals surface area contributed by atoms with Crippen LogP contribution in [-0.4, -0.2) is 18.9 Å². The highest BCUT2D eigenvalue weighted by Gasteiger charge is 2.31. The highest BCUT2D eigenvalue weighted by Crippen LogP contribution is 2.29. The maximum absolute atomic E-state index is 12.1. The van der Waals surface area contributed by atoms with E-state index >= 15 is 0 Å².